The number of carbonyl (C=O) groups excluding carboxylic acids is 5. The van der Waals surface area contributed by atoms with Gasteiger partial charge in [0.15, 0.2) is 0 Å². The van der Waals surface area contributed by atoms with E-state index in [0.29, 0.717) is 58.0 Å². The summed E-state index contributed by atoms with van der Waals surface area (Å²) in [7, 11) is 2.06. The van der Waals surface area contributed by atoms with Gasteiger partial charge < -0.3 is 33.7 Å². The van der Waals surface area contributed by atoms with Crippen LogP contribution in [0.1, 0.15) is 112 Å². The fourth-order valence-electron chi connectivity index (χ4n) is 7.58. The molecule has 1 saturated heterocycles. The molecule has 0 radical (unpaired) electrons. The lowest BCUT2D eigenvalue weighted by molar-refractivity contribution is -0.152. The summed E-state index contributed by atoms with van der Waals surface area (Å²) in [5.74, 6) is -0.945. The first kappa shape index (κ1) is 53.8. The second kappa shape index (κ2) is 32.8. The number of likely N-dealkylation sites (tertiary alicyclic amines) is 1. The van der Waals surface area contributed by atoms with Gasteiger partial charge in [-0.05, 0) is 118 Å². The first-order chi connectivity index (χ1) is 32.7. The molecule has 362 valence electrons. The Balaban J connectivity index is 0.000000304. The molecule has 0 aliphatic carbocycles. The molecule has 1 aliphatic rings. The minimum Gasteiger partial charge on any atom is -0.465 e. The molecule has 67 heavy (non-hydrogen) atoms. The molecule has 12 nitrogen and oxygen atoms in total. The van der Waals surface area contributed by atoms with Crippen molar-refractivity contribution in [1.82, 2.24) is 4.90 Å². The minimum atomic E-state index is -0.236. The van der Waals surface area contributed by atoms with Gasteiger partial charge in [0.2, 0.25) is 0 Å². The van der Waals surface area contributed by atoms with Gasteiger partial charge in [-0.3, -0.25) is 24.0 Å². The van der Waals surface area contributed by atoms with Gasteiger partial charge in [-0.25, -0.2) is 0 Å². The number of aliphatic hydroxyl groups is 1. The maximum absolute atomic E-state index is 12.6. The van der Waals surface area contributed by atoms with E-state index >= 15 is 0 Å². The summed E-state index contributed by atoms with van der Waals surface area (Å²) in [6, 6.07) is 38.3. The van der Waals surface area contributed by atoms with Crippen LogP contribution in [0, 0.1) is 17.8 Å². The molecule has 0 aromatic heterocycles. The maximum Gasteiger partial charge on any atom is 0.309 e. The Morgan fingerprint density at radius 1 is 0.478 bits per heavy atom. The van der Waals surface area contributed by atoms with Gasteiger partial charge in [0.1, 0.15) is 26.4 Å². The van der Waals surface area contributed by atoms with Crippen LogP contribution in [0.4, 0.5) is 0 Å². The molecule has 1 aliphatic heterocycles. The van der Waals surface area contributed by atoms with Crippen molar-refractivity contribution in [3.8, 4) is 0 Å². The van der Waals surface area contributed by atoms with Crippen LogP contribution in [-0.4, -0.2) is 73.2 Å². The fraction of sp³-hybridized carbons (Fsp3) is 0.473. The monoisotopic (exact) mass is 922 g/mol. The standard InChI is InChI=1S/C31H41NO6.C24H30O5/c1-32-20-18-28(19-21-32)31(35)38-24-27(14-8-16-29(33)36-22-25-10-4-2-5-11-25)15-9-17-30(34)37-23-26-12-6-3-7-13-26;25-17-20(13-7-15-23(26)28-18-21-9-3-1-4-10-21)14-8-16-24(27)29-19-22-11-5-2-6-12-22/h2-7,10-13,27-28H,8-9,14-24H2,1H3;1-6,9-12,20,25H,7-8,13-19H2. The van der Waals surface area contributed by atoms with Gasteiger partial charge in [0.05, 0.1) is 12.5 Å². The SMILES string of the molecule is CN1CCC(C(=O)OCC(CCCC(=O)OCc2ccccc2)CCCC(=O)OCc2ccccc2)CC1.O=C(CCCC(CO)CCCC(=O)OCc1ccccc1)OCc1ccccc1. The molecule has 0 amide bonds. The van der Waals surface area contributed by atoms with Gasteiger partial charge >= 0.3 is 29.8 Å². The molecule has 0 saturated carbocycles. The predicted octanol–water partition coefficient (Wildman–Crippen LogP) is 9.74. The van der Waals surface area contributed by atoms with E-state index in [-0.39, 0.29) is 80.6 Å². The molecule has 0 atom stereocenters. The highest BCUT2D eigenvalue weighted by Crippen LogP contribution is 2.22. The Labute approximate surface area is 397 Å². The molecular weight excluding hydrogens is 851 g/mol. The van der Waals surface area contributed by atoms with Gasteiger partial charge in [-0.1, -0.05) is 121 Å². The zero-order valence-corrected chi connectivity index (χ0v) is 39.3. The number of aliphatic hydroxyl groups excluding tert-OH is 1. The van der Waals surface area contributed by atoms with E-state index < -0.39 is 0 Å². The van der Waals surface area contributed by atoms with Crippen LogP contribution >= 0.6 is 0 Å². The first-order valence-electron chi connectivity index (χ1n) is 23.9. The molecule has 4 aromatic carbocycles. The van der Waals surface area contributed by atoms with Gasteiger partial charge in [-0.15, -0.1) is 0 Å². The van der Waals surface area contributed by atoms with Crippen LogP contribution in [0.2, 0.25) is 0 Å². The molecular formula is C55H71NO11. The summed E-state index contributed by atoms with van der Waals surface area (Å²) in [6.45, 7) is 3.27. The number of rotatable bonds is 28. The zero-order chi connectivity index (χ0) is 47.7. The summed E-state index contributed by atoms with van der Waals surface area (Å²) < 4.78 is 27.0. The Morgan fingerprint density at radius 3 is 1.07 bits per heavy atom. The molecule has 1 N–H and O–H groups in total. The summed E-state index contributed by atoms with van der Waals surface area (Å²) in [4.78, 5) is 62.9. The molecule has 1 heterocycles. The van der Waals surface area contributed by atoms with Crippen LogP contribution in [0.5, 0.6) is 0 Å². The lowest BCUT2D eigenvalue weighted by Crippen LogP contribution is -2.34. The highest BCUT2D eigenvalue weighted by atomic mass is 16.5. The van der Waals surface area contributed by atoms with Crippen LogP contribution in [0.25, 0.3) is 0 Å². The van der Waals surface area contributed by atoms with E-state index in [1.165, 1.54) is 0 Å². The molecule has 0 bridgehead atoms. The van der Waals surface area contributed by atoms with E-state index in [1.54, 1.807) is 0 Å². The average molecular weight is 922 g/mol. The van der Waals surface area contributed by atoms with Crippen molar-refractivity contribution in [2.45, 2.75) is 116 Å². The van der Waals surface area contributed by atoms with Crippen molar-refractivity contribution in [2.75, 3.05) is 33.4 Å². The molecule has 5 rings (SSSR count). The van der Waals surface area contributed by atoms with Crippen molar-refractivity contribution in [3.63, 3.8) is 0 Å². The molecule has 0 spiro atoms. The van der Waals surface area contributed by atoms with Crippen molar-refractivity contribution in [1.29, 1.82) is 0 Å². The number of piperidine rings is 1. The minimum absolute atomic E-state index is 0.0484. The molecule has 0 unspecified atom stereocenters. The number of carbonyl (C=O) groups is 5. The number of ether oxygens (including phenoxy) is 5. The third-order valence-electron chi connectivity index (χ3n) is 11.7. The number of esters is 5. The zero-order valence-electron chi connectivity index (χ0n) is 39.3. The first-order valence-corrected chi connectivity index (χ1v) is 23.9. The lowest BCUT2D eigenvalue weighted by atomic mass is 9.95. The summed E-state index contributed by atoms with van der Waals surface area (Å²) >= 11 is 0. The van der Waals surface area contributed by atoms with Crippen molar-refractivity contribution < 1.29 is 52.8 Å². The van der Waals surface area contributed by atoms with Gasteiger partial charge in [0.25, 0.3) is 0 Å². The van der Waals surface area contributed by atoms with Crippen LogP contribution < -0.4 is 0 Å². The highest BCUT2D eigenvalue weighted by molar-refractivity contribution is 5.72. The van der Waals surface area contributed by atoms with Crippen LogP contribution in [0.15, 0.2) is 121 Å². The van der Waals surface area contributed by atoms with Crippen LogP contribution in [-0.2, 0) is 74.1 Å². The summed E-state index contributed by atoms with van der Waals surface area (Å²) in [6.07, 6.45) is 8.45. The maximum atomic E-state index is 12.6. The third-order valence-corrected chi connectivity index (χ3v) is 11.7. The largest absolute Gasteiger partial charge is 0.465 e. The second-order valence-electron chi connectivity index (χ2n) is 17.3. The average Bonchev–Trinajstić information content (AvgIpc) is 3.36. The lowest BCUT2D eigenvalue weighted by Gasteiger charge is -2.28. The Hall–Kier alpha value is -5.85. The van der Waals surface area contributed by atoms with E-state index in [9.17, 15) is 29.1 Å². The van der Waals surface area contributed by atoms with E-state index in [2.05, 4.69) is 11.9 Å². The molecule has 4 aromatic rings. The smallest absolute Gasteiger partial charge is 0.309 e. The predicted molar refractivity (Wildman–Crippen MR) is 256 cm³/mol. The topological polar surface area (TPSA) is 155 Å². The Bertz CT molecular complexity index is 1850. The highest BCUT2D eigenvalue weighted by Gasteiger charge is 2.26. The third kappa shape index (κ3) is 24.5. The number of hydrogen-bond acceptors (Lipinski definition) is 12. The quantitative estimate of drug-likeness (QED) is 0.0426. The van der Waals surface area contributed by atoms with E-state index in [0.717, 1.165) is 73.9 Å². The van der Waals surface area contributed by atoms with Gasteiger partial charge in [-0.2, -0.15) is 0 Å². The normalized spacial score (nSPS) is 12.7. The van der Waals surface area contributed by atoms with Gasteiger partial charge in [0, 0.05) is 32.3 Å². The summed E-state index contributed by atoms with van der Waals surface area (Å²) in [5, 5.41) is 9.53. The fourth-order valence-corrected chi connectivity index (χ4v) is 7.58. The van der Waals surface area contributed by atoms with E-state index in [4.69, 9.17) is 23.7 Å². The summed E-state index contributed by atoms with van der Waals surface area (Å²) in [5.41, 5.74) is 3.85. The molecule has 12 heteroatoms. The number of benzene rings is 4. The van der Waals surface area contributed by atoms with E-state index in [1.807, 2.05) is 121 Å². The van der Waals surface area contributed by atoms with Crippen molar-refractivity contribution >= 4 is 29.8 Å². The molecule has 1 fully saturated rings. The number of hydrogen-bond donors (Lipinski definition) is 1. The van der Waals surface area contributed by atoms with Crippen molar-refractivity contribution in [3.05, 3.63) is 144 Å². The van der Waals surface area contributed by atoms with Crippen molar-refractivity contribution in [2.24, 2.45) is 17.8 Å². The van der Waals surface area contributed by atoms with Crippen LogP contribution in [0.3, 0.4) is 0 Å². The second-order valence-corrected chi connectivity index (χ2v) is 17.3. The Kier molecular flexibility index (Phi) is 26.3. The Morgan fingerprint density at radius 2 is 0.776 bits per heavy atom. The number of nitrogens with zero attached hydrogens (tertiary/aromatic N) is 1.